The Labute approximate surface area is 130 Å². The van der Waals surface area contributed by atoms with E-state index >= 15 is 0 Å². The van der Waals surface area contributed by atoms with Crippen LogP contribution < -0.4 is 0 Å². The molecule has 1 unspecified atom stereocenters. The van der Waals surface area contributed by atoms with Gasteiger partial charge in [-0.3, -0.25) is 9.48 Å². The van der Waals surface area contributed by atoms with E-state index in [0.29, 0.717) is 6.61 Å². The number of amides is 1. The molecule has 2 aromatic rings. The Morgan fingerprint density at radius 2 is 2.14 bits per heavy atom. The molecule has 3 rings (SSSR count). The SMILES string of the molecule is COCc1ccc(C(=O)N2CCCC2c2cnn(C)c2)cc1. The molecule has 1 saturated heterocycles. The number of hydrogen-bond acceptors (Lipinski definition) is 3. The van der Waals surface area contributed by atoms with E-state index in [0.717, 1.165) is 36.1 Å². The van der Waals surface area contributed by atoms with Crippen LogP contribution in [0.2, 0.25) is 0 Å². The normalized spacial score (nSPS) is 17.9. The van der Waals surface area contributed by atoms with E-state index < -0.39 is 0 Å². The quantitative estimate of drug-likeness (QED) is 0.871. The maximum Gasteiger partial charge on any atom is 0.254 e. The Kier molecular flexibility index (Phi) is 4.24. The molecule has 0 radical (unpaired) electrons. The summed E-state index contributed by atoms with van der Waals surface area (Å²) in [4.78, 5) is 14.7. The number of ether oxygens (including phenoxy) is 1. The third kappa shape index (κ3) is 2.90. The standard InChI is InChI=1S/C17H21N3O2/c1-19-11-15(10-18-19)16-4-3-9-20(16)17(21)14-7-5-13(6-8-14)12-22-2/h5-8,10-11,16H,3-4,9,12H2,1-2H3. The number of hydrogen-bond donors (Lipinski definition) is 0. The molecule has 0 aliphatic carbocycles. The van der Waals surface area contributed by atoms with Gasteiger partial charge in [-0.2, -0.15) is 5.10 Å². The maximum absolute atomic E-state index is 12.8. The highest BCUT2D eigenvalue weighted by Gasteiger charge is 2.31. The fourth-order valence-corrected chi connectivity index (χ4v) is 3.04. The largest absolute Gasteiger partial charge is 0.380 e. The van der Waals surface area contributed by atoms with Crippen LogP contribution in [0, 0.1) is 0 Å². The minimum absolute atomic E-state index is 0.0929. The molecule has 0 spiro atoms. The third-order valence-corrected chi connectivity index (χ3v) is 4.14. The molecule has 0 saturated carbocycles. The molecule has 1 aromatic heterocycles. The summed E-state index contributed by atoms with van der Waals surface area (Å²) in [6.45, 7) is 1.37. The monoisotopic (exact) mass is 299 g/mol. The smallest absolute Gasteiger partial charge is 0.254 e. The van der Waals surface area contributed by atoms with Crippen molar-refractivity contribution in [3.63, 3.8) is 0 Å². The van der Waals surface area contributed by atoms with E-state index in [-0.39, 0.29) is 11.9 Å². The minimum Gasteiger partial charge on any atom is -0.380 e. The molecule has 1 aromatic carbocycles. The predicted molar refractivity (Wildman–Crippen MR) is 83.4 cm³/mol. The molecule has 1 amide bonds. The van der Waals surface area contributed by atoms with Crippen molar-refractivity contribution in [2.75, 3.05) is 13.7 Å². The molecule has 1 aliphatic rings. The van der Waals surface area contributed by atoms with Crippen molar-refractivity contribution in [3.8, 4) is 0 Å². The van der Waals surface area contributed by atoms with Gasteiger partial charge in [-0.1, -0.05) is 12.1 Å². The van der Waals surface area contributed by atoms with Gasteiger partial charge in [0.1, 0.15) is 0 Å². The van der Waals surface area contributed by atoms with Gasteiger partial charge < -0.3 is 9.64 Å². The summed E-state index contributed by atoms with van der Waals surface area (Å²) in [5, 5.41) is 4.22. The molecule has 1 aliphatic heterocycles. The van der Waals surface area contributed by atoms with Crippen molar-refractivity contribution in [1.82, 2.24) is 14.7 Å². The van der Waals surface area contributed by atoms with Gasteiger partial charge in [0.25, 0.3) is 5.91 Å². The van der Waals surface area contributed by atoms with Crippen molar-refractivity contribution >= 4 is 5.91 Å². The second-order valence-corrected chi connectivity index (χ2v) is 5.73. The Hall–Kier alpha value is -2.14. The number of methoxy groups -OCH3 is 1. The Bertz CT molecular complexity index is 648. The van der Waals surface area contributed by atoms with Crippen LogP contribution in [0.4, 0.5) is 0 Å². The zero-order chi connectivity index (χ0) is 15.5. The van der Waals surface area contributed by atoms with Crippen LogP contribution in [0.5, 0.6) is 0 Å². The molecular formula is C17H21N3O2. The molecule has 2 heterocycles. The lowest BCUT2D eigenvalue weighted by Gasteiger charge is -2.24. The average molecular weight is 299 g/mol. The average Bonchev–Trinajstić information content (AvgIpc) is 3.16. The van der Waals surface area contributed by atoms with Gasteiger partial charge in [-0.05, 0) is 30.5 Å². The number of aromatic nitrogens is 2. The highest BCUT2D eigenvalue weighted by molar-refractivity contribution is 5.94. The van der Waals surface area contributed by atoms with Gasteiger partial charge in [0.15, 0.2) is 0 Å². The summed E-state index contributed by atoms with van der Waals surface area (Å²) in [5.74, 6) is 0.0929. The van der Waals surface area contributed by atoms with Gasteiger partial charge in [0, 0.05) is 38.0 Å². The van der Waals surface area contributed by atoms with Crippen LogP contribution >= 0.6 is 0 Å². The number of rotatable bonds is 4. The van der Waals surface area contributed by atoms with Crippen LogP contribution in [0.25, 0.3) is 0 Å². The number of likely N-dealkylation sites (tertiary alicyclic amines) is 1. The van der Waals surface area contributed by atoms with Crippen molar-refractivity contribution in [2.24, 2.45) is 7.05 Å². The Morgan fingerprint density at radius 1 is 1.36 bits per heavy atom. The Balaban J connectivity index is 1.78. The van der Waals surface area contributed by atoms with Crippen LogP contribution in [0.1, 0.15) is 40.4 Å². The number of aryl methyl sites for hydroxylation is 1. The lowest BCUT2D eigenvalue weighted by atomic mass is 10.1. The van der Waals surface area contributed by atoms with Crippen molar-refractivity contribution in [2.45, 2.75) is 25.5 Å². The summed E-state index contributed by atoms with van der Waals surface area (Å²) in [6.07, 6.45) is 5.89. The van der Waals surface area contributed by atoms with Crippen LogP contribution in [0.3, 0.4) is 0 Å². The van der Waals surface area contributed by atoms with Gasteiger partial charge in [0.2, 0.25) is 0 Å². The fraction of sp³-hybridized carbons (Fsp3) is 0.412. The third-order valence-electron chi connectivity index (χ3n) is 4.14. The lowest BCUT2D eigenvalue weighted by molar-refractivity contribution is 0.0735. The summed E-state index contributed by atoms with van der Waals surface area (Å²) < 4.78 is 6.89. The summed E-state index contributed by atoms with van der Waals surface area (Å²) in [6, 6.07) is 7.81. The first-order chi connectivity index (χ1) is 10.7. The fourth-order valence-electron chi connectivity index (χ4n) is 3.04. The zero-order valence-corrected chi connectivity index (χ0v) is 13.0. The molecule has 0 N–H and O–H groups in total. The van der Waals surface area contributed by atoms with Gasteiger partial charge in [0.05, 0.1) is 18.8 Å². The van der Waals surface area contributed by atoms with Crippen molar-refractivity contribution < 1.29 is 9.53 Å². The Morgan fingerprint density at radius 3 is 2.77 bits per heavy atom. The number of nitrogens with zero attached hydrogens (tertiary/aromatic N) is 3. The molecule has 1 fully saturated rings. The first-order valence-electron chi connectivity index (χ1n) is 7.56. The van der Waals surface area contributed by atoms with E-state index in [4.69, 9.17) is 4.74 Å². The minimum atomic E-state index is 0.0929. The van der Waals surface area contributed by atoms with Gasteiger partial charge in [-0.15, -0.1) is 0 Å². The topological polar surface area (TPSA) is 47.4 Å². The first kappa shape index (κ1) is 14.8. The maximum atomic E-state index is 12.8. The number of carbonyl (C=O) groups is 1. The van der Waals surface area contributed by atoms with Gasteiger partial charge >= 0.3 is 0 Å². The molecule has 5 heteroatoms. The van der Waals surface area contributed by atoms with Crippen molar-refractivity contribution in [1.29, 1.82) is 0 Å². The summed E-state index contributed by atoms with van der Waals surface area (Å²) in [5.41, 5.74) is 2.92. The van der Waals surface area contributed by atoms with Crippen LogP contribution in [-0.2, 0) is 18.4 Å². The highest BCUT2D eigenvalue weighted by Crippen LogP contribution is 2.32. The second kappa shape index (κ2) is 6.32. The number of carbonyl (C=O) groups excluding carboxylic acids is 1. The van der Waals surface area contributed by atoms with E-state index in [1.165, 1.54) is 0 Å². The second-order valence-electron chi connectivity index (χ2n) is 5.73. The molecular weight excluding hydrogens is 278 g/mol. The highest BCUT2D eigenvalue weighted by atomic mass is 16.5. The predicted octanol–water partition coefficient (Wildman–Crippen LogP) is 2.54. The van der Waals surface area contributed by atoms with Crippen molar-refractivity contribution in [3.05, 3.63) is 53.3 Å². The van der Waals surface area contributed by atoms with E-state index in [1.54, 1.807) is 11.8 Å². The molecule has 5 nitrogen and oxygen atoms in total. The summed E-state index contributed by atoms with van der Waals surface area (Å²) in [7, 11) is 3.57. The van der Waals surface area contributed by atoms with Crippen LogP contribution in [0.15, 0.2) is 36.7 Å². The summed E-state index contributed by atoms with van der Waals surface area (Å²) >= 11 is 0. The molecule has 116 valence electrons. The van der Waals surface area contributed by atoms with E-state index in [9.17, 15) is 4.79 Å². The van der Waals surface area contributed by atoms with E-state index in [2.05, 4.69) is 5.10 Å². The van der Waals surface area contributed by atoms with Crippen LogP contribution in [-0.4, -0.2) is 34.2 Å². The van der Waals surface area contributed by atoms with E-state index in [1.807, 2.05) is 48.6 Å². The zero-order valence-electron chi connectivity index (χ0n) is 13.0. The lowest BCUT2D eigenvalue weighted by Crippen LogP contribution is -2.30. The molecule has 1 atom stereocenters. The molecule has 0 bridgehead atoms. The first-order valence-corrected chi connectivity index (χ1v) is 7.56. The molecule has 22 heavy (non-hydrogen) atoms. The number of benzene rings is 1. The van der Waals surface area contributed by atoms with Gasteiger partial charge in [-0.25, -0.2) is 0 Å².